The van der Waals surface area contributed by atoms with Crippen LogP contribution in [0.4, 0.5) is 4.79 Å². The van der Waals surface area contributed by atoms with Crippen LogP contribution in [-0.2, 0) is 20.6 Å². The summed E-state index contributed by atoms with van der Waals surface area (Å²) in [7, 11) is 0. The molecule has 2 aliphatic heterocycles. The van der Waals surface area contributed by atoms with Crippen LogP contribution in [-0.4, -0.2) is 67.0 Å². The van der Waals surface area contributed by atoms with Crippen molar-refractivity contribution in [1.29, 1.82) is 0 Å². The van der Waals surface area contributed by atoms with E-state index >= 15 is 0 Å². The minimum Gasteiger partial charge on any atom is -0.493 e. The van der Waals surface area contributed by atoms with Crippen LogP contribution in [0.1, 0.15) is 36.7 Å². The number of aliphatic hydroxyl groups is 1. The van der Waals surface area contributed by atoms with E-state index in [9.17, 15) is 9.90 Å². The molecule has 1 atom stereocenters. The first-order valence-electron chi connectivity index (χ1n) is 12.2. The van der Waals surface area contributed by atoms with E-state index in [1.807, 2.05) is 56.3 Å². The van der Waals surface area contributed by atoms with Gasteiger partial charge in [0.15, 0.2) is 0 Å². The van der Waals surface area contributed by atoms with Gasteiger partial charge in [0.25, 0.3) is 0 Å². The van der Waals surface area contributed by atoms with Gasteiger partial charge in [-0.15, -0.1) is 0 Å². The van der Waals surface area contributed by atoms with E-state index in [2.05, 4.69) is 4.98 Å². The number of hydrogen-bond donors (Lipinski definition) is 2. The molecule has 1 saturated heterocycles. The Morgan fingerprint density at radius 1 is 1.22 bits per heavy atom. The van der Waals surface area contributed by atoms with Crippen molar-refractivity contribution in [2.45, 2.75) is 32.4 Å². The maximum Gasteiger partial charge on any atom is 0.410 e. The molecule has 3 aromatic rings. The van der Waals surface area contributed by atoms with Gasteiger partial charge < -0.3 is 29.0 Å². The Balaban J connectivity index is 1.44. The molecule has 3 heterocycles. The number of ether oxygens (including phenoxy) is 4. The molecule has 0 saturated carbocycles. The molecule has 1 amide bonds. The first kappa shape index (κ1) is 24.9. The lowest BCUT2D eigenvalue weighted by Gasteiger charge is -2.36. The molecule has 0 spiro atoms. The highest BCUT2D eigenvalue weighted by atomic mass is 35.5. The van der Waals surface area contributed by atoms with Gasteiger partial charge in [-0.3, -0.25) is 4.90 Å². The monoisotopic (exact) mass is 514 g/mol. The predicted molar refractivity (Wildman–Crippen MR) is 135 cm³/mol. The van der Waals surface area contributed by atoms with Gasteiger partial charge in [0.1, 0.15) is 25.2 Å². The van der Waals surface area contributed by atoms with Crippen LogP contribution in [0.25, 0.3) is 10.9 Å². The average molecular weight is 515 g/mol. The third kappa shape index (κ3) is 4.91. The number of benzene rings is 2. The van der Waals surface area contributed by atoms with E-state index in [0.717, 1.165) is 27.7 Å². The number of H-pyrrole nitrogens is 1. The number of fused-ring (bicyclic) bond motifs is 3. The molecule has 192 valence electrons. The van der Waals surface area contributed by atoms with E-state index < -0.39 is 5.41 Å². The Morgan fingerprint density at radius 2 is 1.97 bits per heavy atom. The van der Waals surface area contributed by atoms with E-state index in [1.54, 1.807) is 4.90 Å². The Hall–Kier alpha value is -2.78. The van der Waals surface area contributed by atoms with Gasteiger partial charge in [0, 0.05) is 28.2 Å². The van der Waals surface area contributed by atoms with E-state index in [1.165, 1.54) is 0 Å². The van der Waals surface area contributed by atoms with Crippen molar-refractivity contribution < 1.29 is 28.8 Å². The minimum absolute atomic E-state index is 0.0900. The molecule has 36 heavy (non-hydrogen) atoms. The van der Waals surface area contributed by atoms with Crippen LogP contribution in [0.2, 0.25) is 5.02 Å². The topological polar surface area (TPSA) is 93.3 Å². The number of aliphatic hydroxyl groups excluding tert-OH is 1. The highest BCUT2D eigenvalue weighted by Crippen LogP contribution is 2.40. The summed E-state index contributed by atoms with van der Waals surface area (Å²) in [5, 5.41) is 11.6. The molecule has 5 rings (SSSR count). The molecule has 0 aliphatic carbocycles. The minimum atomic E-state index is -0.585. The predicted octanol–water partition coefficient (Wildman–Crippen LogP) is 4.68. The molecule has 2 N–H and O–H groups in total. The molecule has 0 radical (unpaired) electrons. The molecule has 9 heteroatoms. The van der Waals surface area contributed by atoms with Crippen molar-refractivity contribution >= 4 is 28.6 Å². The number of nitrogens with zero attached hydrogens (tertiary/aromatic N) is 1. The second-order valence-corrected chi connectivity index (χ2v) is 10.3. The third-order valence-corrected chi connectivity index (χ3v) is 6.95. The standard InChI is InChI=1S/C27H31ClN2O6/c1-17(2)36-26(32)30-10-9-21-22-11-19(28)5-8-23(22)29-24(21)25(30)18-3-6-20(7-4-18)35-15-27(12-31)13-33-16-34-14-27/h3-8,11,17,25,29,31H,9-10,12-16H2,1-2H3. The molecule has 1 fully saturated rings. The maximum absolute atomic E-state index is 13.1. The molecule has 1 aromatic heterocycles. The van der Waals surface area contributed by atoms with Gasteiger partial charge in [-0.1, -0.05) is 23.7 Å². The summed E-state index contributed by atoms with van der Waals surface area (Å²) >= 11 is 6.29. The van der Waals surface area contributed by atoms with Crippen LogP contribution < -0.4 is 4.74 Å². The average Bonchev–Trinajstić information content (AvgIpc) is 3.25. The number of carbonyl (C=O) groups excluding carboxylic acids is 1. The van der Waals surface area contributed by atoms with Crippen LogP contribution in [0, 0.1) is 5.41 Å². The Kier molecular flexibility index (Phi) is 7.12. The number of aromatic amines is 1. The maximum atomic E-state index is 13.1. The quantitative estimate of drug-likeness (QED) is 0.496. The Bertz CT molecular complexity index is 1220. The van der Waals surface area contributed by atoms with E-state index in [0.29, 0.717) is 37.0 Å². The summed E-state index contributed by atoms with van der Waals surface area (Å²) in [6, 6.07) is 13.1. The van der Waals surface area contributed by atoms with Crippen molar-refractivity contribution in [2.24, 2.45) is 5.41 Å². The van der Waals surface area contributed by atoms with Crippen LogP contribution in [0.5, 0.6) is 5.75 Å². The highest BCUT2D eigenvalue weighted by Gasteiger charge is 2.37. The van der Waals surface area contributed by atoms with Crippen LogP contribution in [0.15, 0.2) is 42.5 Å². The lowest BCUT2D eigenvalue weighted by atomic mass is 9.91. The van der Waals surface area contributed by atoms with Crippen molar-refractivity contribution in [3.8, 4) is 5.75 Å². The molecule has 2 aliphatic rings. The van der Waals surface area contributed by atoms with Gasteiger partial charge in [-0.05, 0) is 61.7 Å². The fraction of sp³-hybridized carbons (Fsp3) is 0.444. The molecular weight excluding hydrogens is 484 g/mol. The fourth-order valence-electron chi connectivity index (χ4n) is 4.89. The number of hydrogen-bond acceptors (Lipinski definition) is 6. The van der Waals surface area contributed by atoms with Crippen molar-refractivity contribution in [1.82, 2.24) is 9.88 Å². The summed E-state index contributed by atoms with van der Waals surface area (Å²) in [4.78, 5) is 18.4. The van der Waals surface area contributed by atoms with Crippen LogP contribution >= 0.6 is 11.6 Å². The number of amides is 1. The van der Waals surface area contributed by atoms with Gasteiger partial charge >= 0.3 is 6.09 Å². The van der Waals surface area contributed by atoms with Crippen molar-refractivity contribution in [3.05, 3.63) is 64.3 Å². The largest absolute Gasteiger partial charge is 0.493 e. The first-order valence-corrected chi connectivity index (χ1v) is 12.5. The lowest BCUT2D eigenvalue weighted by molar-refractivity contribution is -0.184. The molecule has 2 aromatic carbocycles. The second-order valence-electron chi connectivity index (χ2n) is 9.82. The summed E-state index contributed by atoms with van der Waals surface area (Å²) in [6.45, 7) is 5.39. The van der Waals surface area contributed by atoms with Gasteiger partial charge in [0.05, 0.1) is 31.3 Å². The molecular formula is C27H31ClN2O6. The van der Waals surface area contributed by atoms with Gasteiger partial charge in [-0.25, -0.2) is 4.79 Å². The van der Waals surface area contributed by atoms with E-state index in [4.69, 9.17) is 30.5 Å². The summed E-state index contributed by atoms with van der Waals surface area (Å²) in [5.74, 6) is 0.660. The number of halogens is 1. The summed E-state index contributed by atoms with van der Waals surface area (Å²) in [5.41, 5.74) is 3.46. The zero-order valence-electron chi connectivity index (χ0n) is 20.5. The second kappa shape index (κ2) is 10.3. The van der Waals surface area contributed by atoms with Gasteiger partial charge in [-0.2, -0.15) is 0 Å². The Labute approximate surface area is 215 Å². The highest BCUT2D eigenvalue weighted by molar-refractivity contribution is 6.31. The number of aromatic nitrogens is 1. The van der Waals surface area contributed by atoms with Crippen molar-refractivity contribution in [3.63, 3.8) is 0 Å². The summed E-state index contributed by atoms with van der Waals surface area (Å²) in [6.07, 6.45) is 0.136. The first-order chi connectivity index (χ1) is 17.4. The number of rotatable bonds is 6. The van der Waals surface area contributed by atoms with Crippen LogP contribution in [0.3, 0.4) is 0 Å². The smallest absolute Gasteiger partial charge is 0.410 e. The van der Waals surface area contributed by atoms with E-state index in [-0.39, 0.29) is 38.2 Å². The number of carbonyl (C=O) groups is 1. The zero-order chi connectivity index (χ0) is 25.3. The molecule has 8 nitrogen and oxygen atoms in total. The molecule has 1 unspecified atom stereocenters. The zero-order valence-corrected chi connectivity index (χ0v) is 21.2. The number of nitrogens with one attached hydrogen (secondary N) is 1. The van der Waals surface area contributed by atoms with Gasteiger partial charge in [0.2, 0.25) is 0 Å². The molecule has 0 bridgehead atoms. The SMILES string of the molecule is CC(C)OC(=O)N1CCc2c([nH]c3ccc(Cl)cc23)C1c1ccc(OCC2(CO)COCOC2)cc1. The normalized spacial score (nSPS) is 19.4. The third-order valence-electron chi connectivity index (χ3n) is 6.72. The Morgan fingerprint density at radius 3 is 2.67 bits per heavy atom. The summed E-state index contributed by atoms with van der Waals surface area (Å²) < 4.78 is 22.3. The fourth-order valence-corrected chi connectivity index (χ4v) is 5.07. The van der Waals surface area contributed by atoms with Crippen molar-refractivity contribution in [2.75, 3.05) is 39.8 Å². The lowest BCUT2D eigenvalue weighted by Crippen LogP contribution is -2.45.